The maximum Gasteiger partial charge on any atom is 0.402 e. The van der Waals surface area contributed by atoms with E-state index in [1.165, 1.54) is 32.4 Å². The number of aliphatic hydroxyl groups is 3. The minimum atomic E-state index is -1.71. The van der Waals surface area contributed by atoms with E-state index < -0.39 is 42.4 Å². The molecule has 2 aromatic carbocycles. The van der Waals surface area contributed by atoms with Gasteiger partial charge in [-0.15, -0.1) is 0 Å². The summed E-state index contributed by atoms with van der Waals surface area (Å²) in [6.07, 6.45) is -7.81. The molecule has 182 valence electrons. The Morgan fingerprint density at radius 3 is 2.18 bits per heavy atom. The highest BCUT2D eigenvalue weighted by atomic mass is 16.8. The SMILES string of the molecule is COc1cc(-c2[o+]c3cc(O)cc(O)c3cc2O[C@@H]2O[C@H](OC)[C@@H](O)[C@H](O)[C@H]2O)cc(O)c1O. The average molecular weight is 479 g/mol. The van der Waals surface area contributed by atoms with Crippen molar-refractivity contribution in [3.63, 3.8) is 0 Å². The van der Waals surface area contributed by atoms with E-state index >= 15 is 0 Å². The third-order valence-corrected chi connectivity index (χ3v) is 5.35. The second kappa shape index (κ2) is 9.00. The average Bonchev–Trinajstić information content (AvgIpc) is 2.81. The van der Waals surface area contributed by atoms with Crippen LogP contribution >= 0.6 is 0 Å². The number of phenolic OH excluding ortho intramolecular Hbond substituents is 4. The van der Waals surface area contributed by atoms with E-state index in [9.17, 15) is 35.7 Å². The molecule has 4 rings (SSSR count). The van der Waals surface area contributed by atoms with Crippen molar-refractivity contribution in [2.75, 3.05) is 14.2 Å². The molecule has 1 saturated heterocycles. The van der Waals surface area contributed by atoms with Gasteiger partial charge in [-0.05, 0) is 0 Å². The van der Waals surface area contributed by atoms with Crippen LogP contribution in [0.2, 0.25) is 0 Å². The molecule has 1 aliphatic heterocycles. The third kappa shape index (κ3) is 4.08. The lowest BCUT2D eigenvalue weighted by molar-refractivity contribution is -0.327. The minimum absolute atomic E-state index is 0.0294. The maximum atomic E-state index is 10.4. The van der Waals surface area contributed by atoms with Crippen LogP contribution in [0.25, 0.3) is 22.3 Å². The number of fused-ring (bicyclic) bond motifs is 1. The molecule has 0 spiro atoms. The molecule has 7 N–H and O–H groups in total. The van der Waals surface area contributed by atoms with Gasteiger partial charge in [-0.1, -0.05) is 0 Å². The molecule has 34 heavy (non-hydrogen) atoms. The van der Waals surface area contributed by atoms with Gasteiger partial charge < -0.3 is 54.7 Å². The first-order valence-electron chi connectivity index (χ1n) is 9.96. The molecule has 0 saturated carbocycles. The van der Waals surface area contributed by atoms with E-state index in [1.807, 2.05) is 0 Å². The molecule has 1 aliphatic rings. The first-order chi connectivity index (χ1) is 16.1. The molecule has 2 heterocycles. The van der Waals surface area contributed by atoms with Crippen molar-refractivity contribution in [2.45, 2.75) is 30.9 Å². The highest BCUT2D eigenvalue weighted by Crippen LogP contribution is 2.45. The van der Waals surface area contributed by atoms with Gasteiger partial charge in [0.15, 0.2) is 17.8 Å². The van der Waals surface area contributed by atoms with Gasteiger partial charge in [0.25, 0.3) is 0 Å². The van der Waals surface area contributed by atoms with Crippen molar-refractivity contribution < 1.29 is 59.1 Å². The molecule has 12 heteroatoms. The van der Waals surface area contributed by atoms with Crippen LogP contribution in [0.1, 0.15) is 0 Å². The Morgan fingerprint density at radius 1 is 0.794 bits per heavy atom. The molecule has 0 aliphatic carbocycles. The highest BCUT2D eigenvalue weighted by molar-refractivity contribution is 5.88. The Kier molecular flexibility index (Phi) is 6.25. The van der Waals surface area contributed by atoms with Gasteiger partial charge in [-0.25, -0.2) is 4.42 Å². The fourth-order valence-electron chi connectivity index (χ4n) is 3.59. The van der Waals surface area contributed by atoms with Crippen LogP contribution in [0.15, 0.2) is 34.7 Å². The molecule has 1 aromatic heterocycles. The lowest BCUT2D eigenvalue weighted by atomic mass is 10.0. The summed E-state index contributed by atoms with van der Waals surface area (Å²) < 4.78 is 27.1. The van der Waals surface area contributed by atoms with Crippen molar-refractivity contribution >= 4 is 11.0 Å². The Bertz CT molecular complexity index is 1210. The van der Waals surface area contributed by atoms with Gasteiger partial charge in [0.2, 0.25) is 17.8 Å². The van der Waals surface area contributed by atoms with Crippen molar-refractivity contribution in [3.05, 3.63) is 30.3 Å². The first-order valence-corrected chi connectivity index (χ1v) is 9.96. The summed E-state index contributed by atoms with van der Waals surface area (Å²) in [5.74, 6) is -2.01. The molecule has 0 amide bonds. The summed E-state index contributed by atoms with van der Waals surface area (Å²) >= 11 is 0. The van der Waals surface area contributed by atoms with E-state index in [2.05, 4.69) is 0 Å². The lowest BCUT2D eigenvalue weighted by Gasteiger charge is -2.39. The zero-order valence-electron chi connectivity index (χ0n) is 17.9. The molecule has 3 aromatic rings. The Morgan fingerprint density at radius 2 is 1.50 bits per heavy atom. The molecular weight excluding hydrogens is 456 g/mol. The first kappa shape index (κ1) is 23.6. The normalized spacial score (nSPS) is 24.8. The quantitative estimate of drug-likeness (QED) is 0.203. The number of hydrogen-bond acceptors (Lipinski definition) is 11. The number of benzene rings is 2. The second-order valence-corrected chi connectivity index (χ2v) is 7.56. The summed E-state index contributed by atoms with van der Waals surface area (Å²) in [6, 6.07) is 6.09. The number of ether oxygens (including phenoxy) is 4. The van der Waals surface area contributed by atoms with Crippen molar-refractivity contribution in [1.29, 1.82) is 0 Å². The number of aromatic hydroxyl groups is 4. The predicted molar refractivity (Wildman–Crippen MR) is 114 cm³/mol. The third-order valence-electron chi connectivity index (χ3n) is 5.35. The van der Waals surface area contributed by atoms with Crippen LogP contribution in [0.3, 0.4) is 0 Å². The summed E-state index contributed by atoms with van der Waals surface area (Å²) in [4.78, 5) is 0. The topological polar surface area (TPSA) is 190 Å². The van der Waals surface area contributed by atoms with Crippen LogP contribution in [-0.4, -0.2) is 80.9 Å². The van der Waals surface area contributed by atoms with Crippen LogP contribution in [0.4, 0.5) is 0 Å². The largest absolute Gasteiger partial charge is 0.507 e. The number of rotatable bonds is 5. The van der Waals surface area contributed by atoms with Gasteiger partial charge in [-0.3, -0.25) is 0 Å². The van der Waals surface area contributed by atoms with Crippen LogP contribution in [0, 0.1) is 0 Å². The highest BCUT2D eigenvalue weighted by Gasteiger charge is 2.46. The zero-order valence-corrected chi connectivity index (χ0v) is 17.9. The Balaban J connectivity index is 1.87. The van der Waals surface area contributed by atoms with Crippen LogP contribution in [-0.2, 0) is 9.47 Å². The number of phenols is 4. The standard InChI is InChI=1S/C22H22O12/c1-30-14-4-8(3-12(25)16(14)26)20-15(7-10-11(24)5-9(23)6-13(10)32-20)33-22-19(29)17(27)18(28)21(31-2)34-22/h3-7,17-19,21-22,27-29H,1-2H3,(H3-,23,24,25,26)/p+1/t17-,18-,19+,21-,22+/m0/s1. The molecule has 0 radical (unpaired) electrons. The van der Waals surface area contributed by atoms with E-state index in [0.717, 1.165) is 12.1 Å². The molecule has 12 nitrogen and oxygen atoms in total. The summed E-state index contributed by atoms with van der Waals surface area (Å²) in [7, 11) is 2.50. The molecule has 0 unspecified atom stereocenters. The van der Waals surface area contributed by atoms with Crippen molar-refractivity contribution in [3.8, 4) is 45.8 Å². The number of methoxy groups -OCH3 is 2. The van der Waals surface area contributed by atoms with Gasteiger partial charge in [0.05, 0.1) is 18.7 Å². The smallest absolute Gasteiger partial charge is 0.402 e. The van der Waals surface area contributed by atoms with E-state index in [0.29, 0.717) is 0 Å². The predicted octanol–water partition coefficient (Wildman–Crippen LogP) is 1.00. The molecule has 5 atom stereocenters. The van der Waals surface area contributed by atoms with Crippen molar-refractivity contribution in [2.24, 2.45) is 0 Å². The fourth-order valence-corrected chi connectivity index (χ4v) is 3.59. The Hall–Kier alpha value is -3.55. The summed E-state index contributed by atoms with van der Waals surface area (Å²) in [5, 5.41) is 70.9. The fraction of sp³-hybridized carbons (Fsp3) is 0.318. The van der Waals surface area contributed by atoms with Gasteiger partial charge >= 0.3 is 11.3 Å². The van der Waals surface area contributed by atoms with E-state index in [-0.39, 0.29) is 45.3 Å². The molecular formula is C22H23O12+. The minimum Gasteiger partial charge on any atom is -0.507 e. The Labute approximate surface area is 192 Å². The summed E-state index contributed by atoms with van der Waals surface area (Å²) in [5.41, 5.74) is 0.169. The van der Waals surface area contributed by atoms with E-state index in [4.69, 9.17) is 23.4 Å². The number of aliphatic hydroxyl groups excluding tert-OH is 3. The number of hydrogen-bond donors (Lipinski definition) is 7. The zero-order chi connectivity index (χ0) is 24.7. The molecule has 0 bridgehead atoms. The molecule has 1 fully saturated rings. The van der Waals surface area contributed by atoms with Crippen LogP contribution < -0.4 is 9.47 Å². The van der Waals surface area contributed by atoms with E-state index in [1.54, 1.807) is 0 Å². The monoisotopic (exact) mass is 479 g/mol. The second-order valence-electron chi connectivity index (χ2n) is 7.56. The van der Waals surface area contributed by atoms with Gasteiger partial charge in [0.1, 0.15) is 35.2 Å². The van der Waals surface area contributed by atoms with Crippen LogP contribution in [0.5, 0.6) is 34.5 Å². The van der Waals surface area contributed by atoms with Gasteiger partial charge in [-0.2, -0.15) is 0 Å². The maximum absolute atomic E-state index is 10.4. The van der Waals surface area contributed by atoms with Crippen molar-refractivity contribution in [1.82, 2.24) is 0 Å². The summed E-state index contributed by atoms with van der Waals surface area (Å²) in [6.45, 7) is 0. The van der Waals surface area contributed by atoms with Gasteiger partial charge in [0, 0.05) is 31.4 Å². The lowest BCUT2D eigenvalue weighted by Crippen LogP contribution is -2.59.